The lowest BCUT2D eigenvalue weighted by Crippen LogP contribution is -2.00. The van der Waals surface area contributed by atoms with Gasteiger partial charge in [0.15, 0.2) is 17.5 Å². The standard InChI is InChI=1S/C45H27N3O2/c1-4-12-28(13-5-1)33-18-10-20-39-41(33)35-26-31(22-24-37(35)49-39)44-46-43(30-16-8-3-9-17-30)47-45(48-44)32-23-25-38-36(27-32)42-34(19-11-21-40(42)50-38)29-14-6-2-7-15-29/h1-27H. The van der Waals surface area contributed by atoms with Crippen LogP contribution in [-0.4, -0.2) is 15.0 Å². The lowest BCUT2D eigenvalue weighted by atomic mass is 9.98. The molecule has 0 radical (unpaired) electrons. The molecule has 3 aromatic heterocycles. The van der Waals surface area contributed by atoms with Gasteiger partial charge in [0.25, 0.3) is 0 Å². The molecule has 0 bridgehead atoms. The molecule has 0 saturated heterocycles. The molecule has 234 valence electrons. The van der Waals surface area contributed by atoms with Crippen LogP contribution in [-0.2, 0) is 0 Å². The van der Waals surface area contributed by atoms with Crippen molar-refractivity contribution in [1.29, 1.82) is 0 Å². The highest BCUT2D eigenvalue weighted by Gasteiger charge is 2.18. The molecule has 0 fully saturated rings. The third-order valence-corrected chi connectivity index (χ3v) is 9.34. The second-order valence-corrected chi connectivity index (χ2v) is 12.4. The molecule has 0 aliphatic heterocycles. The molecule has 0 aliphatic rings. The van der Waals surface area contributed by atoms with E-state index in [0.717, 1.165) is 82.8 Å². The van der Waals surface area contributed by atoms with Gasteiger partial charge in [-0.15, -0.1) is 0 Å². The van der Waals surface area contributed by atoms with Crippen LogP contribution < -0.4 is 0 Å². The predicted octanol–water partition coefficient (Wildman–Crippen LogP) is 12.0. The van der Waals surface area contributed by atoms with Gasteiger partial charge in [-0.25, -0.2) is 15.0 Å². The highest BCUT2D eigenvalue weighted by molar-refractivity contribution is 6.14. The smallest absolute Gasteiger partial charge is 0.164 e. The summed E-state index contributed by atoms with van der Waals surface area (Å²) < 4.78 is 12.7. The maximum Gasteiger partial charge on any atom is 0.164 e. The highest BCUT2D eigenvalue weighted by Crippen LogP contribution is 2.40. The van der Waals surface area contributed by atoms with E-state index < -0.39 is 0 Å². The van der Waals surface area contributed by atoms with Crippen molar-refractivity contribution in [1.82, 2.24) is 15.0 Å². The Hall–Kier alpha value is -6.85. The van der Waals surface area contributed by atoms with Crippen molar-refractivity contribution < 1.29 is 8.83 Å². The van der Waals surface area contributed by atoms with Gasteiger partial charge < -0.3 is 8.83 Å². The Kier molecular flexibility index (Phi) is 6.42. The van der Waals surface area contributed by atoms with Crippen LogP contribution in [0.5, 0.6) is 0 Å². The molecule has 5 heteroatoms. The molecule has 5 nitrogen and oxygen atoms in total. The zero-order chi connectivity index (χ0) is 33.0. The third kappa shape index (κ3) is 4.67. The molecule has 0 amide bonds. The second-order valence-electron chi connectivity index (χ2n) is 12.4. The van der Waals surface area contributed by atoms with Crippen LogP contribution in [0.3, 0.4) is 0 Å². The first kappa shape index (κ1) is 28.2. The van der Waals surface area contributed by atoms with Crippen LogP contribution in [0.4, 0.5) is 0 Å². The van der Waals surface area contributed by atoms with Gasteiger partial charge in [0.2, 0.25) is 0 Å². The molecule has 0 spiro atoms. The molecular formula is C45H27N3O2. The zero-order valence-electron chi connectivity index (χ0n) is 26.7. The van der Waals surface area contributed by atoms with Crippen molar-refractivity contribution in [3.8, 4) is 56.4 Å². The summed E-state index contributed by atoms with van der Waals surface area (Å²) in [5.74, 6) is 1.78. The number of aromatic nitrogens is 3. The minimum absolute atomic E-state index is 0.587. The van der Waals surface area contributed by atoms with Gasteiger partial charge in [0.1, 0.15) is 22.3 Å². The number of fused-ring (bicyclic) bond motifs is 6. The number of hydrogen-bond donors (Lipinski definition) is 0. The normalized spacial score (nSPS) is 11.6. The van der Waals surface area contributed by atoms with E-state index in [2.05, 4.69) is 72.8 Å². The quantitative estimate of drug-likeness (QED) is 0.187. The Bertz CT molecular complexity index is 2680. The Labute approximate surface area is 287 Å². The van der Waals surface area contributed by atoms with E-state index in [1.807, 2.05) is 91.0 Å². The summed E-state index contributed by atoms with van der Waals surface area (Å²) in [7, 11) is 0. The number of benzene rings is 7. The fraction of sp³-hybridized carbons (Fsp3) is 0. The van der Waals surface area contributed by atoms with Gasteiger partial charge >= 0.3 is 0 Å². The molecule has 0 unspecified atom stereocenters. The number of hydrogen-bond acceptors (Lipinski definition) is 5. The van der Waals surface area contributed by atoms with Crippen molar-refractivity contribution in [3.63, 3.8) is 0 Å². The predicted molar refractivity (Wildman–Crippen MR) is 202 cm³/mol. The summed E-state index contributed by atoms with van der Waals surface area (Å²) in [6, 6.07) is 55.7. The molecule has 0 saturated carbocycles. The van der Waals surface area contributed by atoms with Crippen molar-refractivity contribution in [2.75, 3.05) is 0 Å². The third-order valence-electron chi connectivity index (χ3n) is 9.34. The van der Waals surface area contributed by atoms with Crippen molar-refractivity contribution in [2.24, 2.45) is 0 Å². The van der Waals surface area contributed by atoms with E-state index in [9.17, 15) is 0 Å². The summed E-state index contributed by atoms with van der Waals surface area (Å²) in [5, 5.41) is 4.17. The van der Waals surface area contributed by atoms with E-state index in [0.29, 0.717) is 17.5 Å². The molecule has 7 aromatic carbocycles. The minimum atomic E-state index is 0.587. The van der Waals surface area contributed by atoms with E-state index in [1.165, 1.54) is 0 Å². The molecule has 0 aliphatic carbocycles. The largest absolute Gasteiger partial charge is 0.456 e. The first-order valence-corrected chi connectivity index (χ1v) is 16.6. The Morgan fingerprint density at radius 3 is 1.14 bits per heavy atom. The molecule has 0 N–H and O–H groups in total. The second kappa shape index (κ2) is 11.4. The minimum Gasteiger partial charge on any atom is -0.456 e. The van der Waals surface area contributed by atoms with Gasteiger partial charge in [-0.3, -0.25) is 0 Å². The fourth-order valence-corrected chi connectivity index (χ4v) is 7.00. The fourth-order valence-electron chi connectivity index (χ4n) is 7.00. The van der Waals surface area contributed by atoms with E-state index in [-0.39, 0.29) is 0 Å². The summed E-state index contributed by atoms with van der Waals surface area (Å²) in [6.07, 6.45) is 0. The maximum atomic E-state index is 6.34. The molecule has 10 rings (SSSR count). The van der Waals surface area contributed by atoms with Crippen molar-refractivity contribution in [2.45, 2.75) is 0 Å². The lowest BCUT2D eigenvalue weighted by molar-refractivity contribution is 0.668. The number of nitrogens with zero attached hydrogens (tertiary/aromatic N) is 3. The average molecular weight is 642 g/mol. The maximum absolute atomic E-state index is 6.34. The van der Waals surface area contributed by atoms with Crippen LogP contribution in [0.1, 0.15) is 0 Å². The van der Waals surface area contributed by atoms with Crippen LogP contribution >= 0.6 is 0 Å². The Balaban J connectivity index is 1.18. The van der Waals surface area contributed by atoms with Gasteiger partial charge in [-0.1, -0.05) is 115 Å². The Morgan fingerprint density at radius 1 is 0.300 bits per heavy atom. The number of furan rings is 2. The van der Waals surface area contributed by atoms with Gasteiger partial charge in [-0.2, -0.15) is 0 Å². The zero-order valence-corrected chi connectivity index (χ0v) is 26.7. The first-order valence-electron chi connectivity index (χ1n) is 16.6. The van der Waals surface area contributed by atoms with Gasteiger partial charge in [0, 0.05) is 38.2 Å². The summed E-state index contributed by atoms with van der Waals surface area (Å²) in [4.78, 5) is 15.2. The van der Waals surface area contributed by atoms with Crippen LogP contribution in [0, 0.1) is 0 Å². The summed E-state index contributed by atoms with van der Waals surface area (Å²) in [6.45, 7) is 0. The Morgan fingerprint density at radius 2 is 0.700 bits per heavy atom. The molecule has 50 heavy (non-hydrogen) atoms. The van der Waals surface area contributed by atoms with E-state index >= 15 is 0 Å². The molecule has 0 atom stereocenters. The van der Waals surface area contributed by atoms with Crippen molar-refractivity contribution in [3.05, 3.63) is 164 Å². The number of rotatable bonds is 5. The molecular weight excluding hydrogens is 615 g/mol. The SMILES string of the molecule is c1ccc(-c2nc(-c3ccc4oc5cccc(-c6ccccc6)c5c4c3)nc(-c3ccc4oc5cccc(-c6ccccc6)c5c4c3)n2)cc1. The average Bonchev–Trinajstić information content (AvgIpc) is 3.76. The van der Waals surface area contributed by atoms with E-state index in [4.69, 9.17) is 23.8 Å². The highest BCUT2D eigenvalue weighted by atomic mass is 16.3. The van der Waals surface area contributed by atoms with Crippen molar-refractivity contribution >= 4 is 43.9 Å². The molecule has 3 heterocycles. The van der Waals surface area contributed by atoms with Gasteiger partial charge in [-0.05, 0) is 70.8 Å². The van der Waals surface area contributed by atoms with Crippen LogP contribution in [0.25, 0.3) is 100 Å². The van der Waals surface area contributed by atoms with E-state index in [1.54, 1.807) is 0 Å². The summed E-state index contributed by atoms with van der Waals surface area (Å²) >= 11 is 0. The van der Waals surface area contributed by atoms with Crippen LogP contribution in [0.2, 0.25) is 0 Å². The first-order chi connectivity index (χ1) is 24.8. The monoisotopic (exact) mass is 641 g/mol. The lowest BCUT2D eigenvalue weighted by Gasteiger charge is -2.09. The van der Waals surface area contributed by atoms with Crippen LogP contribution in [0.15, 0.2) is 173 Å². The van der Waals surface area contributed by atoms with Gasteiger partial charge in [0.05, 0.1) is 0 Å². The topological polar surface area (TPSA) is 65.0 Å². The summed E-state index contributed by atoms with van der Waals surface area (Å²) in [5.41, 5.74) is 10.5. The molecule has 10 aromatic rings.